The van der Waals surface area contributed by atoms with Crippen LogP contribution in [-0.4, -0.2) is 5.24 Å². The van der Waals surface area contributed by atoms with Crippen LogP contribution < -0.4 is 0 Å². The van der Waals surface area contributed by atoms with E-state index in [2.05, 4.69) is 6.92 Å². The Bertz CT molecular complexity index is 180. The molecule has 1 aliphatic rings. The highest BCUT2D eigenvalue weighted by Crippen LogP contribution is 2.53. The van der Waals surface area contributed by atoms with Crippen LogP contribution in [0.15, 0.2) is 0 Å². The fourth-order valence-electron chi connectivity index (χ4n) is 1.53. The first-order valence-corrected chi connectivity index (χ1v) is 4.44. The van der Waals surface area contributed by atoms with Crippen LogP contribution in [0.2, 0.25) is 0 Å². The molecular weight excluding hydrogens is 160 g/mol. The zero-order valence-corrected chi connectivity index (χ0v) is 8.16. The Morgan fingerprint density at radius 1 is 1.55 bits per heavy atom. The molecule has 1 saturated carbocycles. The maximum absolute atomic E-state index is 10.9. The fraction of sp³-hybridized carbons (Fsp3) is 0.889. The van der Waals surface area contributed by atoms with Gasteiger partial charge >= 0.3 is 0 Å². The molecular formula is C9H15ClO. The average molecular weight is 175 g/mol. The third-order valence-corrected chi connectivity index (χ3v) is 3.02. The predicted molar refractivity (Wildman–Crippen MR) is 46.6 cm³/mol. The van der Waals surface area contributed by atoms with Gasteiger partial charge in [-0.25, -0.2) is 0 Å². The van der Waals surface area contributed by atoms with Gasteiger partial charge in [0.25, 0.3) is 0 Å². The Morgan fingerprint density at radius 2 is 2.00 bits per heavy atom. The predicted octanol–water partition coefficient (Wildman–Crippen LogP) is 2.97. The van der Waals surface area contributed by atoms with Crippen molar-refractivity contribution in [1.82, 2.24) is 0 Å². The van der Waals surface area contributed by atoms with Crippen LogP contribution in [0.1, 0.15) is 40.0 Å². The summed E-state index contributed by atoms with van der Waals surface area (Å²) in [6.07, 6.45) is 3.43. The third kappa shape index (κ3) is 2.19. The van der Waals surface area contributed by atoms with Gasteiger partial charge in [-0.15, -0.1) is 0 Å². The van der Waals surface area contributed by atoms with Crippen LogP contribution in [0.5, 0.6) is 0 Å². The Morgan fingerprint density at radius 3 is 2.27 bits per heavy atom. The van der Waals surface area contributed by atoms with Crippen molar-refractivity contribution in [2.45, 2.75) is 40.0 Å². The van der Waals surface area contributed by atoms with E-state index >= 15 is 0 Å². The summed E-state index contributed by atoms with van der Waals surface area (Å²) in [6, 6.07) is 0. The largest absolute Gasteiger partial charge is 0.281 e. The van der Waals surface area contributed by atoms with Gasteiger partial charge in [0.15, 0.2) is 0 Å². The second kappa shape index (κ2) is 2.48. The molecule has 1 fully saturated rings. The first-order chi connectivity index (χ1) is 4.86. The summed E-state index contributed by atoms with van der Waals surface area (Å²) in [6.45, 7) is 6.06. The maximum atomic E-state index is 10.9. The number of halogens is 1. The first kappa shape index (κ1) is 9.05. The Hall–Kier alpha value is -0.0400. The van der Waals surface area contributed by atoms with Gasteiger partial charge in [0.2, 0.25) is 5.24 Å². The standard InChI is InChI=1S/C9H15ClO/c1-8(2,7(10)11)6-9(3)4-5-9/h4-6H2,1-3H3. The van der Waals surface area contributed by atoms with Gasteiger partial charge in [-0.1, -0.05) is 20.8 Å². The molecule has 11 heavy (non-hydrogen) atoms. The monoisotopic (exact) mass is 174 g/mol. The molecule has 2 heteroatoms. The summed E-state index contributed by atoms with van der Waals surface area (Å²) < 4.78 is 0. The highest BCUT2D eigenvalue weighted by atomic mass is 35.5. The molecule has 1 aliphatic carbocycles. The highest BCUT2D eigenvalue weighted by Gasteiger charge is 2.43. The highest BCUT2D eigenvalue weighted by molar-refractivity contribution is 6.64. The molecule has 0 aliphatic heterocycles. The minimum absolute atomic E-state index is 0.203. The Labute approximate surface area is 73.1 Å². The van der Waals surface area contributed by atoms with E-state index in [9.17, 15) is 4.79 Å². The van der Waals surface area contributed by atoms with E-state index in [0.29, 0.717) is 5.41 Å². The summed E-state index contributed by atoms with van der Waals surface area (Å²) in [5.41, 5.74) is 0.0842. The zero-order valence-electron chi connectivity index (χ0n) is 7.41. The van der Waals surface area contributed by atoms with Crippen molar-refractivity contribution in [1.29, 1.82) is 0 Å². The molecule has 0 unspecified atom stereocenters. The molecule has 0 aromatic carbocycles. The van der Waals surface area contributed by atoms with Crippen LogP contribution >= 0.6 is 11.6 Å². The average Bonchev–Trinajstić information content (AvgIpc) is 2.45. The zero-order chi connectivity index (χ0) is 8.70. The summed E-state index contributed by atoms with van der Waals surface area (Å²) in [5, 5.41) is -0.203. The first-order valence-electron chi connectivity index (χ1n) is 4.06. The number of carbonyl (C=O) groups is 1. The summed E-state index contributed by atoms with van der Waals surface area (Å²) in [7, 11) is 0. The molecule has 0 aromatic rings. The lowest BCUT2D eigenvalue weighted by Crippen LogP contribution is -2.22. The second-order valence-electron chi connectivity index (χ2n) is 4.65. The van der Waals surface area contributed by atoms with Crippen molar-refractivity contribution in [3.8, 4) is 0 Å². The van der Waals surface area contributed by atoms with E-state index in [1.54, 1.807) is 0 Å². The lowest BCUT2D eigenvalue weighted by molar-refractivity contribution is -0.119. The van der Waals surface area contributed by atoms with Gasteiger partial charge in [-0.3, -0.25) is 4.79 Å². The van der Waals surface area contributed by atoms with Crippen LogP contribution in [0, 0.1) is 10.8 Å². The topological polar surface area (TPSA) is 17.1 Å². The number of carbonyl (C=O) groups excluding carboxylic acids is 1. The molecule has 0 radical (unpaired) electrons. The quantitative estimate of drug-likeness (QED) is 0.602. The molecule has 0 N–H and O–H groups in total. The van der Waals surface area contributed by atoms with Crippen molar-refractivity contribution >= 4 is 16.8 Å². The fourth-order valence-corrected chi connectivity index (χ4v) is 1.59. The number of hydrogen-bond donors (Lipinski definition) is 0. The minimum atomic E-state index is -0.327. The summed E-state index contributed by atoms with van der Waals surface area (Å²) in [5.74, 6) is 0. The van der Waals surface area contributed by atoms with E-state index in [1.807, 2.05) is 13.8 Å². The van der Waals surface area contributed by atoms with Gasteiger partial charge < -0.3 is 0 Å². The summed E-state index contributed by atoms with van der Waals surface area (Å²) in [4.78, 5) is 10.9. The van der Waals surface area contributed by atoms with Gasteiger partial charge in [0.05, 0.1) is 0 Å². The number of rotatable bonds is 3. The van der Waals surface area contributed by atoms with E-state index in [-0.39, 0.29) is 10.7 Å². The van der Waals surface area contributed by atoms with Crippen molar-refractivity contribution in [3.63, 3.8) is 0 Å². The van der Waals surface area contributed by atoms with Crippen molar-refractivity contribution in [2.24, 2.45) is 10.8 Å². The lowest BCUT2D eigenvalue weighted by Gasteiger charge is -2.23. The molecule has 0 atom stereocenters. The molecule has 0 amide bonds. The van der Waals surface area contributed by atoms with Crippen molar-refractivity contribution < 1.29 is 4.79 Å². The SMILES string of the molecule is CC1(CC(C)(C)C(=O)Cl)CC1. The summed E-state index contributed by atoms with van der Waals surface area (Å²) >= 11 is 5.46. The van der Waals surface area contributed by atoms with Crippen molar-refractivity contribution in [3.05, 3.63) is 0 Å². The molecule has 0 heterocycles. The lowest BCUT2D eigenvalue weighted by atomic mass is 9.83. The second-order valence-corrected chi connectivity index (χ2v) is 4.99. The smallest absolute Gasteiger partial charge is 0.227 e. The van der Waals surface area contributed by atoms with Crippen LogP contribution in [0.3, 0.4) is 0 Å². The number of hydrogen-bond acceptors (Lipinski definition) is 1. The molecule has 1 nitrogen and oxygen atoms in total. The van der Waals surface area contributed by atoms with Gasteiger partial charge in [-0.2, -0.15) is 0 Å². The molecule has 0 bridgehead atoms. The Balaban J connectivity index is 2.52. The van der Waals surface area contributed by atoms with Crippen LogP contribution in [-0.2, 0) is 4.79 Å². The maximum Gasteiger partial charge on any atom is 0.227 e. The third-order valence-electron chi connectivity index (χ3n) is 2.50. The molecule has 0 aromatic heterocycles. The van der Waals surface area contributed by atoms with E-state index in [4.69, 9.17) is 11.6 Å². The van der Waals surface area contributed by atoms with E-state index in [1.165, 1.54) is 12.8 Å². The van der Waals surface area contributed by atoms with Crippen LogP contribution in [0.4, 0.5) is 0 Å². The molecule has 0 spiro atoms. The van der Waals surface area contributed by atoms with Crippen molar-refractivity contribution in [2.75, 3.05) is 0 Å². The van der Waals surface area contributed by atoms with Gasteiger partial charge in [-0.05, 0) is 36.3 Å². The van der Waals surface area contributed by atoms with Crippen LogP contribution in [0.25, 0.3) is 0 Å². The van der Waals surface area contributed by atoms with Gasteiger partial charge in [0.1, 0.15) is 0 Å². The normalized spacial score (nSPS) is 21.5. The molecule has 64 valence electrons. The minimum Gasteiger partial charge on any atom is -0.281 e. The molecule has 1 rings (SSSR count). The molecule has 0 saturated heterocycles. The van der Waals surface area contributed by atoms with Gasteiger partial charge in [0, 0.05) is 5.41 Å². The van der Waals surface area contributed by atoms with E-state index < -0.39 is 0 Å². The Kier molecular flexibility index (Phi) is 2.04. The van der Waals surface area contributed by atoms with E-state index in [0.717, 1.165) is 6.42 Å².